The number of amides is 1. The Balaban J connectivity index is 1.48. The van der Waals surface area contributed by atoms with Crippen LogP contribution in [0.5, 0.6) is 0 Å². The molecule has 0 radical (unpaired) electrons. The monoisotopic (exact) mass is 435 g/mol. The van der Waals surface area contributed by atoms with Gasteiger partial charge in [0.05, 0.1) is 11.4 Å². The summed E-state index contributed by atoms with van der Waals surface area (Å²) in [5.41, 5.74) is 1.94. The molecule has 0 unspecified atom stereocenters. The molecule has 0 saturated heterocycles. The van der Waals surface area contributed by atoms with Gasteiger partial charge in [0, 0.05) is 42.5 Å². The third kappa shape index (κ3) is 4.56. The van der Waals surface area contributed by atoms with Crippen LogP contribution in [-0.4, -0.2) is 40.6 Å². The summed E-state index contributed by atoms with van der Waals surface area (Å²) >= 11 is 1.44. The van der Waals surface area contributed by atoms with E-state index in [1.54, 1.807) is 23.9 Å². The fourth-order valence-electron chi connectivity index (χ4n) is 3.04. The highest BCUT2D eigenvalue weighted by Crippen LogP contribution is 2.27. The van der Waals surface area contributed by atoms with E-state index < -0.39 is 5.91 Å². The Morgan fingerprint density at radius 2 is 2.03 bits per heavy atom. The minimum atomic E-state index is -0.403. The van der Waals surface area contributed by atoms with Crippen molar-refractivity contribution in [3.63, 3.8) is 0 Å². The van der Waals surface area contributed by atoms with Crippen molar-refractivity contribution in [3.05, 3.63) is 70.5 Å². The van der Waals surface area contributed by atoms with Crippen LogP contribution < -0.4 is 10.2 Å². The molecule has 0 aliphatic rings. The first-order valence-corrected chi connectivity index (χ1v) is 10.4. The summed E-state index contributed by atoms with van der Waals surface area (Å²) in [6, 6.07) is 13.1. The normalized spacial score (nSPS) is 10.8. The number of carbonyl (C=O) groups is 2. The van der Waals surface area contributed by atoms with E-state index in [0.29, 0.717) is 23.0 Å². The molecule has 0 aliphatic heterocycles. The molecule has 31 heavy (non-hydrogen) atoms. The number of rotatable bonds is 7. The maximum absolute atomic E-state index is 12.8. The van der Waals surface area contributed by atoms with Crippen LogP contribution in [-0.2, 0) is 6.54 Å². The lowest BCUT2D eigenvalue weighted by Gasteiger charge is -2.13. The van der Waals surface area contributed by atoms with E-state index in [0.717, 1.165) is 16.1 Å². The zero-order chi connectivity index (χ0) is 22.0. The van der Waals surface area contributed by atoms with E-state index in [1.165, 1.54) is 17.7 Å². The minimum Gasteiger partial charge on any atom is -0.443 e. The molecule has 9 heteroatoms. The van der Waals surface area contributed by atoms with Gasteiger partial charge in [-0.2, -0.15) is 5.10 Å². The minimum absolute atomic E-state index is 0.0456. The first-order chi connectivity index (χ1) is 14.9. The van der Waals surface area contributed by atoms with Gasteiger partial charge in [-0.25, -0.2) is 4.98 Å². The van der Waals surface area contributed by atoms with Gasteiger partial charge >= 0.3 is 0 Å². The maximum atomic E-state index is 12.8. The van der Waals surface area contributed by atoms with Crippen LogP contribution in [0, 0.1) is 0 Å². The predicted molar refractivity (Wildman–Crippen MR) is 120 cm³/mol. The van der Waals surface area contributed by atoms with Gasteiger partial charge in [-0.1, -0.05) is 12.1 Å². The van der Waals surface area contributed by atoms with Crippen molar-refractivity contribution in [2.24, 2.45) is 0 Å². The van der Waals surface area contributed by atoms with Crippen molar-refractivity contribution in [3.8, 4) is 11.3 Å². The Bertz CT molecular complexity index is 1240. The Morgan fingerprint density at radius 1 is 1.19 bits per heavy atom. The summed E-state index contributed by atoms with van der Waals surface area (Å²) in [5.74, 6) is 0.448. The summed E-state index contributed by atoms with van der Waals surface area (Å²) in [6.45, 7) is 2.06. The number of nitrogens with one attached hydrogen (secondary N) is 1. The number of hydrogen-bond donors (Lipinski definition) is 1. The third-order valence-electron chi connectivity index (χ3n) is 4.62. The molecule has 0 spiro atoms. The zero-order valence-electron chi connectivity index (χ0n) is 17.3. The van der Waals surface area contributed by atoms with Gasteiger partial charge in [0.25, 0.3) is 5.91 Å². The fraction of sp³-hybridized carbons (Fsp3) is 0.182. The fourth-order valence-corrected chi connectivity index (χ4v) is 3.94. The number of anilines is 2. The Hall–Kier alpha value is -3.72. The number of thiophene rings is 1. The number of carbonyl (C=O) groups excluding carboxylic acids is 2. The molecular weight excluding hydrogens is 414 g/mol. The first kappa shape index (κ1) is 20.5. The van der Waals surface area contributed by atoms with Crippen LogP contribution in [0.15, 0.2) is 59.5 Å². The Kier molecular flexibility index (Phi) is 5.68. The van der Waals surface area contributed by atoms with Gasteiger partial charge in [0.2, 0.25) is 0 Å². The van der Waals surface area contributed by atoms with Gasteiger partial charge in [-0.05, 0) is 31.2 Å². The Labute approximate surface area is 183 Å². The number of aromatic nitrogens is 3. The van der Waals surface area contributed by atoms with Crippen molar-refractivity contribution in [2.45, 2.75) is 13.5 Å². The smallest absolute Gasteiger partial charge is 0.279 e. The maximum Gasteiger partial charge on any atom is 0.279 e. The number of hydrogen-bond acceptors (Lipinski definition) is 7. The van der Waals surface area contributed by atoms with Crippen LogP contribution in [0.25, 0.3) is 11.3 Å². The van der Waals surface area contributed by atoms with Crippen molar-refractivity contribution >= 4 is 34.5 Å². The molecule has 3 aromatic heterocycles. The van der Waals surface area contributed by atoms with Crippen LogP contribution in [0.1, 0.15) is 32.0 Å². The van der Waals surface area contributed by atoms with Crippen molar-refractivity contribution in [1.29, 1.82) is 0 Å². The summed E-state index contributed by atoms with van der Waals surface area (Å²) in [6.07, 6.45) is 3.03. The second kappa shape index (κ2) is 8.57. The number of ketones is 1. The Morgan fingerprint density at radius 3 is 2.77 bits per heavy atom. The molecule has 1 N–H and O–H groups in total. The van der Waals surface area contributed by atoms with E-state index in [4.69, 9.17) is 4.42 Å². The lowest BCUT2D eigenvalue weighted by Crippen LogP contribution is -2.14. The SMILES string of the molecule is CC(=O)c1ccc(Cn2ccc(NC(=O)c3ncoc3-c3cccc(N(C)C)c3)n2)s1. The summed E-state index contributed by atoms with van der Waals surface area (Å²) < 4.78 is 7.21. The number of nitrogens with zero attached hydrogens (tertiary/aromatic N) is 4. The molecule has 0 saturated carbocycles. The first-order valence-electron chi connectivity index (χ1n) is 9.56. The average Bonchev–Trinajstić information content (AvgIpc) is 3.49. The molecule has 0 fully saturated rings. The third-order valence-corrected chi connectivity index (χ3v) is 5.79. The molecule has 1 aromatic carbocycles. The topological polar surface area (TPSA) is 93.3 Å². The molecule has 4 aromatic rings. The van der Waals surface area contributed by atoms with Crippen molar-refractivity contribution in [1.82, 2.24) is 14.8 Å². The average molecular weight is 436 g/mol. The second-order valence-electron chi connectivity index (χ2n) is 7.15. The lowest BCUT2D eigenvalue weighted by atomic mass is 10.1. The number of benzene rings is 1. The van der Waals surface area contributed by atoms with E-state index >= 15 is 0 Å². The molecule has 158 valence electrons. The van der Waals surface area contributed by atoms with Crippen molar-refractivity contribution in [2.75, 3.05) is 24.3 Å². The van der Waals surface area contributed by atoms with Crippen LogP contribution in [0.4, 0.5) is 11.5 Å². The molecule has 8 nitrogen and oxygen atoms in total. The van der Waals surface area contributed by atoms with Gasteiger partial charge in [0.1, 0.15) is 0 Å². The molecule has 1 amide bonds. The largest absolute Gasteiger partial charge is 0.443 e. The predicted octanol–water partition coefficient (Wildman–Crippen LogP) is 4.17. The molecule has 4 rings (SSSR count). The summed E-state index contributed by atoms with van der Waals surface area (Å²) in [5, 5.41) is 7.16. The highest BCUT2D eigenvalue weighted by atomic mass is 32.1. The van der Waals surface area contributed by atoms with Gasteiger partial charge in [0.15, 0.2) is 29.4 Å². The molecular formula is C22H21N5O3S. The summed E-state index contributed by atoms with van der Waals surface area (Å²) in [4.78, 5) is 32.1. The van der Waals surface area contributed by atoms with E-state index in [2.05, 4.69) is 15.4 Å². The van der Waals surface area contributed by atoms with Crippen LogP contribution in [0.2, 0.25) is 0 Å². The van der Waals surface area contributed by atoms with Crippen LogP contribution >= 0.6 is 11.3 Å². The zero-order valence-corrected chi connectivity index (χ0v) is 18.1. The highest BCUT2D eigenvalue weighted by molar-refractivity contribution is 7.14. The second-order valence-corrected chi connectivity index (χ2v) is 8.32. The highest BCUT2D eigenvalue weighted by Gasteiger charge is 2.20. The van der Waals surface area contributed by atoms with Gasteiger partial charge in [-0.15, -0.1) is 11.3 Å². The van der Waals surface area contributed by atoms with Gasteiger partial charge < -0.3 is 14.6 Å². The molecule has 0 aliphatic carbocycles. The number of oxazole rings is 1. The number of Topliss-reactive ketones (excluding diaryl/α,β-unsaturated/α-hetero) is 1. The lowest BCUT2D eigenvalue weighted by molar-refractivity contribution is 0.101. The van der Waals surface area contributed by atoms with E-state index in [9.17, 15) is 9.59 Å². The van der Waals surface area contributed by atoms with E-state index in [1.807, 2.05) is 55.4 Å². The van der Waals surface area contributed by atoms with Crippen molar-refractivity contribution < 1.29 is 14.0 Å². The van der Waals surface area contributed by atoms with Gasteiger partial charge in [-0.3, -0.25) is 14.3 Å². The standard InChI is InChI=1S/C22H21N5O3S/c1-14(28)18-8-7-17(31-18)12-27-10-9-19(25-27)24-22(29)20-21(30-13-23-20)15-5-4-6-16(11-15)26(2)3/h4-11,13H,12H2,1-3H3,(H,24,25,29). The quantitative estimate of drug-likeness (QED) is 0.438. The van der Waals surface area contributed by atoms with Crippen LogP contribution in [0.3, 0.4) is 0 Å². The molecule has 3 heterocycles. The molecule has 0 bridgehead atoms. The van der Waals surface area contributed by atoms with E-state index in [-0.39, 0.29) is 11.5 Å². The molecule has 0 atom stereocenters. The summed E-state index contributed by atoms with van der Waals surface area (Å²) in [7, 11) is 3.89.